The zero-order valence-electron chi connectivity index (χ0n) is 22.0. The molecule has 2 amide bonds. The van der Waals surface area contributed by atoms with Crippen molar-refractivity contribution in [2.24, 2.45) is 5.41 Å². The van der Waals surface area contributed by atoms with Crippen LogP contribution in [0.4, 0.5) is 35.9 Å². The Balaban J connectivity index is 1.44. The summed E-state index contributed by atoms with van der Waals surface area (Å²) in [6.07, 6.45) is -0.485. The molecule has 1 aliphatic carbocycles. The molecule has 3 aliphatic rings. The minimum Gasteiger partial charge on any atom is -0.491 e. The summed E-state index contributed by atoms with van der Waals surface area (Å²) in [4.78, 5) is 28.6. The Morgan fingerprint density at radius 3 is 2.35 bits per heavy atom. The number of sulfonamides is 1. The van der Waals surface area contributed by atoms with E-state index in [1.54, 1.807) is 6.07 Å². The second-order valence-electron chi connectivity index (χ2n) is 10.6. The van der Waals surface area contributed by atoms with Crippen molar-refractivity contribution in [3.63, 3.8) is 0 Å². The van der Waals surface area contributed by atoms with Crippen LogP contribution < -0.4 is 24.6 Å². The minimum atomic E-state index is -4.63. The average molecular weight is 581 g/mol. The first-order valence-electron chi connectivity index (χ1n) is 13.2. The number of ether oxygens (including phenoxy) is 1. The first-order valence-corrected chi connectivity index (χ1v) is 14.9. The molecule has 13 heteroatoms. The fourth-order valence-electron chi connectivity index (χ4n) is 5.20. The van der Waals surface area contributed by atoms with Gasteiger partial charge in [0.1, 0.15) is 12.3 Å². The predicted molar refractivity (Wildman–Crippen MR) is 146 cm³/mol. The summed E-state index contributed by atoms with van der Waals surface area (Å²) in [5.74, 6) is -1.24. The third kappa shape index (κ3) is 6.29. The zero-order valence-corrected chi connectivity index (χ0v) is 22.8. The first kappa shape index (κ1) is 28.1. The molecule has 2 aliphatic heterocycles. The van der Waals surface area contributed by atoms with Gasteiger partial charge in [0.05, 0.1) is 41.4 Å². The van der Waals surface area contributed by atoms with Crippen LogP contribution >= 0.6 is 0 Å². The van der Waals surface area contributed by atoms with E-state index in [1.165, 1.54) is 50.1 Å². The summed E-state index contributed by atoms with van der Waals surface area (Å²) in [6, 6.07) is 8.90. The number of halogens is 3. The summed E-state index contributed by atoms with van der Waals surface area (Å²) in [7, 11) is -3.54. The predicted octanol–water partition coefficient (Wildman–Crippen LogP) is 4.76. The number of carbonyl (C=O) groups is 2. The molecule has 2 aromatic rings. The Hall–Kier alpha value is -3.48. The second kappa shape index (κ2) is 10.5. The normalized spacial score (nSPS) is 18.6. The SMILES string of the molecule is CCS(=O)(=O)Nc1ccc(C(=O)Nc2ccc3c(c2)N(CC(F)(F)F)C(=O)CCO3)c(N2CCC3(CC2)CC3)c1. The van der Waals surface area contributed by atoms with E-state index >= 15 is 0 Å². The van der Waals surface area contributed by atoms with Gasteiger partial charge in [-0.25, -0.2) is 8.42 Å². The summed E-state index contributed by atoms with van der Waals surface area (Å²) >= 11 is 0. The Kier molecular flexibility index (Phi) is 7.36. The minimum absolute atomic E-state index is 0.0550. The molecular weight excluding hydrogens is 549 g/mol. The molecule has 2 heterocycles. The van der Waals surface area contributed by atoms with Gasteiger partial charge in [-0.1, -0.05) is 0 Å². The van der Waals surface area contributed by atoms with Crippen LogP contribution in [0, 0.1) is 5.41 Å². The van der Waals surface area contributed by atoms with Gasteiger partial charge in [0, 0.05) is 18.8 Å². The average Bonchev–Trinajstić information content (AvgIpc) is 3.67. The maximum atomic E-state index is 13.5. The highest BCUT2D eigenvalue weighted by molar-refractivity contribution is 7.92. The van der Waals surface area contributed by atoms with Gasteiger partial charge < -0.3 is 15.0 Å². The summed E-state index contributed by atoms with van der Waals surface area (Å²) in [5, 5.41) is 2.73. The molecule has 40 heavy (non-hydrogen) atoms. The van der Waals surface area contributed by atoms with Crippen LogP contribution in [-0.4, -0.2) is 58.4 Å². The second-order valence-corrected chi connectivity index (χ2v) is 12.6. The molecule has 0 unspecified atom stereocenters. The number of benzene rings is 2. The Morgan fingerprint density at radius 1 is 1.02 bits per heavy atom. The van der Waals surface area contributed by atoms with Gasteiger partial charge in [-0.05, 0) is 74.4 Å². The quantitative estimate of drug-likeness (QED) is 0.489. The van der Waals surface area contributed by atoms with E-state index in [2.05, 4.69) is 14.9 Å². The van der Waals surface area contributed by atoms with Crippen molar-refractivity contribution in [1.82, 2.24) is 0 Å². The lowest BCUT2D eigenvalue weighted by molar-refractivity contribution is -0.132. The summed E-state index contributed by atoms with van der Waals surface area (Å²) in [6.45, 7) is 1.43. The van der Waals surface area contributed by atoms with Crippen LogP contribution in [-0.2, 0) is 14.8 Å². The molecule has 0 atom stereocenters. The molecular formula is C27H31F3N4O5S. The van der Waals surface area contributed by atoms with Gasteiger partial charge in [0.2, 0.25) is 15.9 Å². The van der Waals surface area contributed by atoms with Crippen LogP contribution in [0.2, 0.25) is 0 Å². The molecule has 2 fully saturated rings. The van der Waals surface area contributed by atoms with Gasteiger partial charge in [0.15, 0.2) is 0 Å². The lowest BCUT2D eigenvalue weighted by atomic mass is 9.93. The molecule has 1 saturated carbocycles. The topological polar surface area (TPSA) is 108 Å². The van der Waals surface area contributed by atoms with Crippen molar-refractivity contribution in [1.29, 1.82) is 0 Å². The van der Waals surface area contributed by atoms with Gasteiger partial charge in [-0.15, -0.1) is 0 Å². The molecule has 1 saturated heterocycles. The van der Waals surface area contributed by atoms with Crippen LogP contribution in [0.25, 0.3) is 0 Å². The number of anilines is 4. The van der Waals surface area contributed by atoms with Gasteiger partial charge in [-0.2, -0.15) is 13.2 Å². The number of piperidine rings is 1. The fourth-order valence-corrected chi connectivity index (χ4v) is 5.83. The number of alkyl halides is 3. The van der Waals surface area contributed by atoms with Crippen molar-refractivity contribution < 1.29 is 35.9 Å². The molecule has 0 bridgehead atoms. The van der Waals surface area contributed by atoms with Crippen molar-refractivity contribution in [2.45, 2.75) is 45.2 Å². The van der Waals surface area contributed by atoms with Crippen LogP contribution in [0.3, 0.4) is 0 Å². The lowest BCUT2D eigenvalue weighted by Gasteiger charge is -2.35. The molecule has 5 rings (SSSR count). The highest BCUT2D eigenvalue weighted by Crippen LogP contribution is 2.54. The number of rotatable bonds is 7. The van der Waals surface area contributed by atoms with E-state index < -0.39 is 34.6 Å². The standard InChI is InChI=1S/C27H31F3N4O5S/c1-2-40(37,38)32-19-3-5-20(21(16-19)33-12-10-26(8-9-26)11-13-33)25(36)31-18-4-6-23-22(15-18)34(17-27(28,29)30)24(35)7-14-39-23/h3-6,15-16,32H,2,7-14,17H2,1H3,(H,31,36). The highest BCUT2D eigenvalue weighted by Gasteiger charge is 2.44. The number of nitrogens with one attached hydrogen (secondary N) is 2. The van der Waals surface area contributed by atoms with E-state index in [0.717, 1.165) is 25.9 Å². The molecule has 2 N–H and O–H groups in total. The van der Waals surface area contributed by atoms with Crippen molar-refractivity contribution in [3.05, 3.63) is 42.0 Å². The first-order chi connectivity index (χ1) is 18.9. The number of carbonyl (C=O) groups excluding carboxylic acids is 2. The maximum Gasteiger partial charge on any atom is 0.406 e. The van der Waals surface area contributed by atoms with E-state index in [-0.39, 0.29) is 35.9 Å². The number of hydrogen-bond acceptors (Lipinski definition) is 6. The lowest BCUT2D eigenvalue weighted by Crippen LogP contribution is -2.38. The Labute approximate surface area is 230 Å². The number of fused-ring (bicyclic) bond motifs is 1. The van der Waals surface area contributed by atoms with Gasteiger partial charge >= 0.3 is 6.18 Å². The van der Waals surface area contributed by atoms with E-state index in [9.17, 15) is 31.2 Å². The fraction of sp³-hybridized carbons (Fsp3) is 0.481. The summed E-state index contributed by atoms with van der Waals surface area (Å²) < 4.78 is 72.1. The number of hydrogen-bond donors (Lipinski definition) is 2. The third-order valence-corrected chi connectivity index (χ3v) is 9.04. The van der Waals surface area contributed by atoms with E-state index in [4.69, 9.17) is 4.74 Å². The number of amides is 2. The monoisotopic (exact) mass is 580 g/mol. The number of nitrogens with zero attached hydrogens (tertiary/aromatic N) is 2. The molecule has 9 nitrogen and oxygen atoms in total. The van der Waals surface area contributed by atoms with Crippen LogP contribution in [0.15, 0.2) is 36.4 Å². The van der Waals surface area contributed by atoms with E-state index in [1.807, 2.05) is 0 Å². The Morgan fingerprint density at radius 2 is 1.70 bits per heavy atom. The van der Waals surface area contributed by atoms with E-state index in [0.29, 0.717) is 27.3 Å². The molecule has 0 radical (unpaired) electrons. The largest absolute Gasteiger partial charge is 0.491 e. The van der Waals surface area contributed by atoms with Gasteiger partial charge in [0.25, 0.3) is 5.91 Å². The third-order valence-electron chi connectivity index (χ3n) is 7.74. The van der Waals surface area contributed by atoms with Crippen molar-refractivity contribution in [3.8, 4) is 5.75 Å². The van der Waals surface area contributed by atoms with Crippen molar-refractivity contribution >= 4 is 44.6 Å². The molecule has 216 valence electrons. The smallest absolute Gasteiger partial charge is 0.406 e. The van der Waals surface area contributed by atoms with Crippen LogP contribution in [0.5, 0.6) is 5.75 Å². The Bertz CT molecular complexity index is 1420. The molecule has 2 aromatic carbocycles. The van der Waals surface area contributed by atoms with Crippen LogP contribution in [0.1, 0.15) is 49.4 Å². The zero-order chi connectivity index (χ0) is 28.7. The van der Waals surface area contributed by atoms with Crippen molar-refractivity contribution in [2.75, 3.05) is 51.8 Å². The summed E-state index contributed by atoms with van der Waals surface area (Å²) in [5.41, 5.74) is 1.68. The highest BCUT2D eigenvalue weighted by atomic mass is 32.2. The molecule has 0 aromatic heterocycles. The maximum absolute atomic E-state index is 13.5. The molecule has 1 spiro atoms. The van der Waals surface area contributed by atoms with Gasteiger partial charge in [-0.3, -0.25) is 19.2 Å².